The summed E-state index contributed by atoms with van der Waals surface area (Å²) in [6, 6.07) is 21.4. The number of fused-ring (bicyclic) bond motifs is 6. The van der Waals surface area contributed by atoms with Gasteiger partial charge in [-0.15, -0.1) is 0 Å². The molecule has 0 spiro atoms. The first-order valence-electron chi connectivity index (χ1n) is 15.6. The van der Waals surface area contributed by atoms with Crippen LogP contribution >= 0.6 is 0 Å². The molecule has 0 radical (unpaired) electrons. The third kappa shape index (κ3) is 3.92. The molecule has 2 aliphatic carbocycles. The van der Waals surface area contributed by atoms with Crippen molar-refractivity contribution in [3.63, 3.8) is 0 Å². The fourth-order valence-electron chi connectivity index (χ4n) is 8.21. The predicted molar refractivity (Wildman–Crippen MR) is 164 cm³/mol. The molecular formula is C35H36N6. The lowest BCUT2D eigenvalue weighted by Crippen LogP contribution is -2.14. The standard InChI is InChI=1S/C35H36N6/c1-3-28(36-15-1)34-38-19-31(41-34)21-7-5-20(6-8-21)25-12-13-26(33-24-10-9-23(17-24)32(25)33)22-11-14-27-30(18-22)40-35(39-27)29-4-2-16-37-29/h5-8,11-14,18-19,23-24,28-29,36-37H,1-4,9-10,15-17H2,(H,38,41)(H,39,40)/t23?,24?,28?,29-/m0/s1. The second-order valence-corrected chi connectivity index (χ2v) is 12.6. The second kappa shape index (κ2) is 9.40. The van der Waals surface area contributed by atoms with Crippen molar-refractivity contribution in [2.24, 2.45) is 0 Å². The van der Waals surface area contributed by atoms with E-state index in [4.69, 9.17) is 4.98 Å². The van der Waals surface area contributed by atoms with Gasteiger partial charge in [-0.3, -0.25) is 0 Å². The maximum absolute atomic E-state index is 4.92. The van der Waals surface area contributed by atoms with E-state index in [-0.39, 0.29) is 0 Å². The van der Waals surface area contributed by atoms with Gasteiger partial charge in [0.1, 0.15) is 11.6 Å². The minimum atomic E-state index is 0.358. The lowest BCUT2D eigenvalue weighted by Gasteiger charge is -2.23. The van der Waals surface area contributed by atoms with Crippen LogP contribution in [-0.2, 0) is 0 Å². The maximum atomic E-state index is 4.92. The lowest BCUT2D eigenvalue weighted by atomic mass is 9.81. The average molecular weight is 541 g/mol. The van der Waals surface area contributed by atoms with Crippen LogP contribution in [0.1, 0.15) is 91.6 Å². The van der Waals surface area contributed by atoms with Crippen molar-refractivity contribution >= 4 is 11.0 Å². The highest BCUT2D eigenvalue weighted by Crippen LogP contribution is 2.58. The van der Waals surface area contributed by atoms with Crippen molar-refractivity contribution in [3.8, 4) is 33.5 Å². The van der Waals surface area contributed by atoms with E-state index in [2.05, 4.69) is 80.2 Å². The van der Waals surface area contributed by atoms with Crippen LogP contribution in [0.3, 0.4) is 0 Å². The summed E-state index contributed by atoms with van der Waals surface area (Å²) >= 11 is 0. The van der Waals surface area contributed by atoms with E-state index in [9.17, 15) is 0 Å². The number of hydrogen-bond acceptors (Lipinski definition) is 4. The zero-order valence-corrected chi connectivity index (χ0v) is 23.3. The van der Waals surface area contributed by atoms with Gasteiger partial charge in [-0.05, 0) is 121 Å². The number of benzene rings is 3. The highest BCUT2D eigenvalue weighted by atomic mass is 15.0. The summed E-state index contributed by atoms with van der Waals surface area (Å²) in [6.07, 6.45) is 10.7. The topological polar surface area (TPSA) is 81.4 Å². The van der Waals surface area contributed by atoms with Gasteiger partial charge in [-0.25, -0.2) is 9.97 Å². The largest absolute Gasteiger partial charge is 0.341 e. The quantitative estimate of drug-likeness (QED) is 0.186. The number of nitrogens with one attached hydrogen (secondary N) is 4. The van der Waals surface area contributed by atoms with Crippen molar-refractivity contribution in [3.05, 3.63) is 83.6 Å². The number of nitrogens with zero attached hydrogens (tertiary/aromatic N) is 2. The molecule has 3 unspecified atom stereocenters. The van der Waals surface area contributed by atoms with Crippen molar-refractivity contribution in [1.29, 1.82) is 0 Å². The fraction of sp³-hybridized carbons (Fsp3) is 0.371. The molecule has 2 bridgehead atoms. The molecule has 3 fully saturated rings. The highest BCUT2D eigenvalue weighted by Gasteiger charge is 2.40. The molecule has 4 aliphatic rings. The minimum Gasteiger partial charge on any atom is -0.341 e. The van der Waals surface area contributed by atoms with Gasteiger partial charge in [0.05, 0.1) is 35.0 Å². The Morgan fingerprint density at radius 1 is 0.634 bits per heavy atom. The molecule has 4 N–H and O–H groups in total. The molecule has 41 heavy (non-hydrogen) atoms. The van der Waals surface area contributed by atoms with Gasteiger partial charge in [0.25, 0.3) is 0 Å². The summed E-state index contributed by atoms with van der Waals surface area (Å²) < 4.78 is 0. The Bertz CT molecular complexity index is 1750. The zero-order chi connectivity index (χ0) is 26.9. The first-order chi connectivity index (χ1) is 20.3. The third-order valence-corrected chi connectivity index (χ3v) is 10.2. The molecule has 9 rings (SSSR count). The molecule has 6 heteroatoms. The Morgan fingerprint density at radius 3 is 2.00 bits per heavy atom. The Balaban J connectivity index is 1.06. The molecule has 0 amide bonds. The summed E-state index contributed by atoms with van der Waals surface area (Å²) in [5.74, 6) is 3.49. The van der Waals surface area contributed by atoms with Crippen LogP contribution in [-0.4, -0.2) is 33.0 Å². The summed E-state index contributed by atoms with van der Waals surface area (Å²) in [5.41, 5.74) is 13.2. The molecule has 3 aromatic carbocycles. The van der Waals surface area contributed by atoms with Crippen LogP contribution in [0.15, 0.2) is 60.8 Å². The summed E-state index contributed by atoms with van der Waals surface area (Å²) in [4.78, 5) is 16.8. The molecule has 4 atom stereocenters. The van der Waals surface area contributed by atoms with Gasteiger partial charge in [0, 0.05) is 0 Å². The van der Waals surface area contributed by atoms with E-state index >= 15 is 0 Å². The average Bonchev–Trinajstić information content (AvgIpc) is 3.86. The molecule has 206 valence electrons. The van der Waals surface area contributed by atoms with Gasteiger partial charge in [-0.1, -0.05) is 42.5 Å². The number of aromatic nitrogens is 4. The van der Waals surface area contributed by atoms with Gasteiger partial charge in [-0.2, -0.15) is 0 Å². The lowest BCUT2D eigenvalue weighted by molar-refractivity contribution is 0.613. The van der Waals surface area contributed by atoms with Crippen molar-refractivity contribution < 1.29 is 0 Å². The fourth-order valence-corrected chi connectivity index (χ4v) is 8.21. The molecular weight excluding hydrogens is 504 g/mol. The number of hydrogen-bond donors (Lipinski definition) is 4. The number of H-pyrrole nitrogens is 2. The molecule has 2 saturated heterocycles. The van der Waals surface area contributed by atoms with E-state index in [1.165, 1.54) is 59.9 Å². The summed E-state index contributed by atoms with van der Waals surface area (Å²) in [5, 5.41) is 7.12. The molecule has 4 heterocycles. The second-order valence-electron chi connectivity index (χ2n) is 12.6. The Labute approximate surface area is 240 Å². The van der Waals surface area contributed by atoms with Crippen molar-refractivity contribution in [2.75, 3.05) is 13.1 Å². The zero-order valence-electron chi connectivity index (χ0n) is 23.3. The Kier molecular flexibility index (Phi) is 5.48. The monoisotopic (exact) mass is 540 g/mol. The molecule has 2 aromatic heterocycles. The SMILES string of the molecule is c1cc(-c2ccc(-c3ccc4nc([C@@H]5CCCN5)[nH]c4c3)c3c2C2CCC3C2)ccc1-c1cnc(C2CCCN2)[nH]1. The van der Waals surface area contributed by atoms with E-state index in [1.54, 1.807) is 11.1 Å². The van der Waals surface area contributed by atoms with Crippen LogP contribution < -0.4 is 10.6 Å². The number of rotatable bonds is 5. The Hall–Kier alpha value is -3.74. The molecule has 1 saturated carbocycles. The molecule has 6 nitrogen and oxygen atoms in total. The van der Waals surface area contributed by atoms with Crippen molar-refractivity contribution in [2.45, 2.75) is 68.9 Å². The highest BCUT2D eigenvalue weighted by molar-refractivity contribution is 5.86. The van der Waals surface area contributed by atoms with E-state index in [0.717, 1.165) is 54.3 Å². The minimum absolute atomic E-state index is 0.358. The summed E-state index contributed by atoms with van der Waals surface area (Å²) in [6.45, 7) is 2.16. The van der Waals surface area contributed by atoms with E-state index < -0.39 is 0 Å². The van der Waals surface area contributed by atoms with Crippen LogP contribution in [0, 0.1) is 0 Å². The first kappa shape index (κ1) is 23.9. The van der Waals surface area contributed by atoms with Crippen LogP contribution in [0.5, 0.6) is 0 Å². The van der Waals surface area contributed by atoms with E-state index in [1.807, 2.05) is 6.20 Å². The number of imidazole rings is 2. The van der Waals surface area contributed by atoms with Gasteiger partial charge in [0.2, 0.25) is 0 Å². The van der Waals surface area contributed by atoms with Crippen LogP contribution in [0.25, 0.3) is 44.5 Å². The van der Waals surface area contributed by atoms with Crippen LogP contribution in [0.2, 0.25) is 0 Å². The van der Waals surface area contributed by atoms with Gasteiger partial charge >= 0.3 is 0 Å². The van der Waals surface area contributed by atoms with Gasteiger partial charge < -0.3 is 20.6 Å². The normalized spacial score (nSPS) is 25.0. The third-order valence-electron chi connectivity index (χ3n) is 10.2. The van der Waals surface area contributed by atoms with Crippen molar-refractivity contribution in [1.82, 2.24) is 30.6 Å². The predicted octanol–water partition coefficient (Wildman–Crippen LogP) is 7.50. The van der Waals surface area contributed by atoms with E-state index in [0.29, 0.717) is 23.9 Å². The maximum Gasteiger partial charge on any atom is 0.124 e. The Morgan fingerprint density at radius 2 is 1.29 bits per heavy atom. The first-order valence-corrected chi connectivity index (χ1v) is 15.6. The molecule has 2 aliphatic heterocycles. The van der Waals surface area contributed by atoms with Crippen LogP contribution in [0.4, 0.5) is 0 Å². The number of aromatic amines is 2. The smallest absolute Gasteiger partial charge is 0.124 e. The molecule has 5 aromatic rings. The van der Waals surface area contributed by atoms with Gasteiger partial charge in [0.15, 0.2) is 0 Å². The summed E-state index contributed by atoms with van der Waals surface area (Å²) in [7, 11) is 0.